The van der Waals surface area contributed by atoms with Crippen molar-refractivity contribution >= 4 is 33.5 Å². The van der Waals surface area contributed by atoms with Crippen LogP contribution >= 0.6 is 27.5 Å². The fraction of sp³-hybridized carbons (Fsp3) is 0.0909. The number of aryl methyl sites for hydroxylation is 1. The summed E-state index contributed by atoms with van der Waals surface area (Å²) in [5.41, 5.74) is 0.999. The van der Waals surface area contributed by atoms with Gasteiger partial charge in [0, 0.05) is 9.50 Å². The lowest BCUT2D eigenvalue weighted by Crippen LogP contribution is -1.95. The molecule has 0 bridgehead atoms. The van der Waals surface area contributed by atoms with Gasteiger partial charge in [0.05, 0.1) is 11.3 Å². The zero-order valence-corrected chi connectivity index (χ0v) is 11.0. The zero-order chi connectivity index (χ0) is 12.6. The number of oxazole rings is 1. The van der Waals surface area contributed by atoms with E-state index in [0.29, 0.717) is 20.8 Å². The zero-order valence-electron chi connectivity index (χ0n) is 8.70. The third kappa shape index (κ3) is 2.35. The number of nitrogens with zero attached hydrogens (tertiary/aromatic N) is 1. The third-order valence-electron chi connectivity index (χ3n) is 2.15. The number of rotatable bonds is 2. The highest BCUT2D eigenvalue weighted by Crippen LogP contribution is 2.31. The number of carboxylic acids is 1. The Morgan fingerprint density at radius 2 is 2.24 bits per heavy atom. The van der Waals surface area contributed by atoms with Crippen LogP contribution in [0.5, 0.6) is 0 Å². The molecule has 0 atom stereocenters. The van der Waals surface area contributed by atoms with Crippen LogP contribution in [-0.2, 0) is 0 Å². The number of hydrogen-bond acceptors (Lipinski definition) is 3. The van der Waals surface area contributed by atoms with E-state index in [0.717, 1.165) is 0 Å². The summed E-state index contributed by atoms with van der Waals surface area (Å²) in [7, 11) is 0. The molecule has 17 heavy (non-hydrogen) atoms. The van der Waals surface area contributed by atoms with E-state index in [-0.39, 0.29) is 11.7 Å². The lowest BCUT2D eigenvalue weighted by molar-refractivity contribution is 0.0662. The van der Waals surface area contributed by atoms with Crippen LogP contribution in [0.25, 0.3) is 11.5 Å². The van der Waals surface area contributed by atoms with Crippen molar-refractivity contribution in [2.75, 3.05) is 0 Å². The Balaban J connectivity index is 2.53. The number of halogens is 2. The van der Waals surface area contributed by atoms with Gasteiger partial charge in [0.15, 0.2) is 0 Å². The number of carboxylic acid groups (broad SMARTS) is 1. The van der Waals surface area contributed by atoms with Crippen LogP contribution in [0.3, 0.4) is 0 Å². The summed E-state index contributed by atoms with van der Waals surface area (Å²) < 4.78 is 5.90. The van der Waals surface area contributed by atoms with Crippen molar-refractivity contribution in [3.05, 3.63) is 39.1 Å². The first-order chi connectivity index (χ1) is 7.99. The molecular weight excluding hydrogens is 309 g/mol. The molecule has 1 aromatic heterocycles. The molecule has 0 saturated carbocycles. The first kappa shape index (κ1) is 12.1. The lowest BCUT2D eigenvalue weighted by atomic mass is 10.2. The van der Waals surface area contributed by atoms with Crippen LogP contribution in [0.4, 0.5) is 0 Å². The molecule has 0 aliphatic heterocycles. The van der Waals surface area contributed by atoms with Crippen molar-refractivity contribution in [1.29, 1.82) is 0 Å². The van der Waals surface area contributed by atoms with E-state index in [9.17, 15) is 4.79 Å². The third-order valence-corrected chi connectivity index (χ3v) is 3.04. The molecule has 0 radical (unpaired) electrons. The Bertz CT molecular complexity index is 594. The summed E-state index contributed by atoms with van der Waals surface area (Å²) in [6.45, 7) is 1.58. The van der Waals surface area contributed by atoms with Crippen LogP contribution in [0.15, 0.2) is 27.1 Å². The van der Waals surface area contributed by atoms with Gasteiger partial charge in [0.2, 0.25) is 11.7 Å². The highest BCUT2D eigenvalue weighted by atomic mass is 79.9. The van der Waals surface area contributed by atoms with Crippen LogP contribution in [-0.4, -0.2) is 16.1 Å². The predicted octanol–water partition coefficient (Wildman–Crippen LogP) is 3.76. The molecule has 0 aliphatic rings. The van der Waals surface area contributed by atoms with Gasteiger partial charge in [-0.05, 0) is 41.1 Å². The van der Waals surface area contributed by atoms with Crippen molar-refractivity contribution in [1.82, 2.24) is 4.98 Å². The van der Waals surface area contributed by atoms with Gasteiger partial charge in [-0.15, -0.1) is 0 Å². The fourth-order valence-corrected chi connectivity index (χ4v) is 2.23. The largest absolute Gasteiger partial charge is 0.475 e. The van der Waals surface area contributed by atoms with Crippen LogP contribution in [0.1, 0.15) is 16.2 Å². The van der Waals surface area contributed by atoms with E-state index in [1.165, 1.54) is 0 Å². The van der Waals surface area contributed by atoms with E-state index >= 15 is 0 Å². The second-order valence-electron chi connectivity index (χ2n) is 3.36. The SMILES string of the molecule is Cc1nc(-c2ccc(Cl)cc2Br)oc1C(=O)O. The number of benzene rings is 1. The van der Waals surface area contributed by atoms with E-state index in [2.05, 4.69) is 20.9 Å². The van der Waals surface area contributed by atoms with Gasteiger partial charge in [0.1, 0.15) is 0 Å². The Labute approximate surface area is 110 Å². The van der Waals surface area contributed by atoms with Crippen molar-refractivity contribution in [2.45, 2.75) is 6.92 Å². The van der Waals surface area contributed by atoms with Gasteiger partial charge < -0.3 is 9.52 Å². The van der Waals surface area contributed by atoms with Gasteiger partial charge >= 0.3 is 5.97 Å². The summed E-state index contributed by atoms with van der Waals surface area (Å²) >= 11 is 9.14. The minimum atomic E-state index is -1.13. The van der Waals surface area contributed by atoms with E-state index in [1.807, 2.05) is 0 Å². The number of carbonyl (C=O) groups is 1. The highest BCUT2D eigenvalue weighted by molar-refractivity contribution is 9.10. The van der Waals surface area contributed by atoms with Gasteiger partial charge in [-0.25, -0.2) is 9.78 Å². The topological polar surface area (TPSA) is 63.3 Å². The Kier molecular flexibility index (Phi) is 3.22. The average Bonchev–Trinajstić information content (AvgIpc) is 2.60. The lowest BCUT2D eigenvalue weighted by Gasteiger charge is -1.99. The Morgan fingerprint density at radius 3 is 2.76 bits per heavy atom. The Morgan fingerprint density at radius 1 is 1.53 bits per heavy atom. The summed E-state index contributed by atoms with van der Waals surface area (Å²) in [6.07, 6.45) is 0. The second-order valence-corrected chi connectivity index (χ2v) is 4.65. The van der Waals surface area contributed by atoms with Crippen LogP contribution < -0.4 is 0 Å². The molecule has 0 fully saturated rings. The van der Waals surface area contributed by atoms with Crippen LogP contribution in [0, 0.1) is 6.92 Å². The number of aromatic carboxylic acids is 1. The molecule has 0 amide bonds. The molecule has 0 spiro atoms. The quantitative estimate of drug-likeness (QED) is 0.916. The van der Waals surface area contributed by atoms with Crippen molar-refractivity contribution in [2.24, 2.45) is 0 Å². The van der Waals surface area contributed by atoms with E-state index in [1.54, 1.807) is 25.1 Å². The Hall–Kier alpha value is -1.33. The molecule has 2 rings (SSSR count). The maximum Gasteiger partial charge on any atom is 0.373 e. The molecule has 1 heterocycles. The van der Waals surface area contributed by atoms with Gasteiger partial charge in [0.25, 0.3) is 0 Å². The molecule has 6 heteroatoms. The molecule has 0 saturated heterocycles. The van der Waals surface area contributed by atoms with Crippen LogP contribution in [0.2, 0.25) is 5.02 Å². The molecule has 2 aromatic rings. The maximum absolute atomic E-state index is 10.8. The predicted molar refractivity (Wildman–Crippen MR) is 66.3 cm³/mol. The van der Waals surface area contributed by atoms with E-state index in [4.69, 9.17) is 21.1 Å². The molecule has 4 nitrogen and oxygen atoms in total. The monoisotopic (exact) mass is 315 g/mol. The van der Waals surface area contributed by atoms with E-state index < -0.39 is 5.97 Å². The summed E-state index contributed by atoms with van der Waals surface area (Å²) in [6, 6.07) is 5.09. The summed E-state index contributed by atoms with van der Waals surface area (Å²) in [4.78, 5) is 14.9. The molecule has 0 unspecified atom stereocenters. The maximum atomic E-state index is 10.8. The first-order valence-electron chi connectivity index (χ1n) is 4.65. The molecule has 88 valence electrons. The molecular formula is C11H7BrClNO3. The first-order valence-corrected chi connectivity index (χ1v) is 5.82. The normalized spacial score (nSPS) is 10.5. The number of hydrogen-bond donors (Lipinski definition) is 1. The molecule has 1 N–H and O–H groups in total. The number of aromatic nitrogens is 1. The standard InChI is InChI=1S/C11H7BrClNO3/c1-5-9(11(15)16)17-10(14-5)7-3-2-6(13)4-8(7)12/h2-4H,1H3,(H,15,16). The van der Waals surface area contributed by atoms with Gasteiger partial charge in [-0.1, -0.05) is 11.6 Å². The second kappa shape index (κ2) is 4.50. The summed E-state index contributed by atoms with van der Waals surface area (Å²) in [5.74, 6) is -1.03. The van der Waals surface area contributed by atoms with Gasteiger partial charge in [-0.3, -0.25) is 0 Å². The molecule has 0 aliphatic carbocycles. The van der Waals surface area contributed by atoms with Crippen molar-refractivity contribution < 1.29 is 14.3 Å². The highest BCUT2D eigenvalue weighted by Gasteiger charge is 2.18. The van der Waals surface area contributed by atoms with Crippen molar-refractivity contribution in [3.8, 4) is 11.5 Å². The fourth-order valence-electron chi connectivity index (χ4n) is 1.37. The minimum absolute atomic E-state index is 0.151. The van der Waals surface area contributed by atoms with Crippen molar-refractivity contribution in [3.63, 3.8) is 0 Å². The average molecular weight is 317 g/mol. The molecule has 1 aromatic carbocycles. The summed E-state index contributed by atoms with van der Waals surface area (Å²) in [5, 5.41) is 9.44. The minimum Gasteiger partial charge on any atom is -0.475 e. The smallest absolute Gasteiger partial charge is 0.373 e. The van der Waals surface area contributed by atoms with Gasteiger partial charge in [-0.2, -0.15) is 0 Å².